The number of ether oxygens (including phenoxy) is 1. The molecular weight excluding hydrogens is 276 g/mol. The summed E-state index contributed by atoms with van der Waals surface area (Å²) < 4.78 is 5.17. The van der Waals surface area contributed by atoms with Crippen molar-refractivity contribution in [2.75, 3.05) is 19.0 Å². The van der Waals surface area contributed by atoms with E-state index in [1.807, 2.05) is 0 Å². The van der Waals surface area contributed by atoms with Gasteiger partial charge in [-0.25, -0.2) is 0 Å². The Balaban J connectivity index is 2.14. The highest BCUT2D eigenvalue weighted by Gasteiger charge is 2.39. The molecule has 2 N–H and O–H groups in total. The van der Waals surface area contributed by atoms with Crippen molar-refractivity contribution in [3.8, 4) is 5.75 Å². The molecule has 1 amide bonds. The van der Waals surface area contributed by atoms with Gasteiger partial charge in [0.15, 0.2) is 0 Å². The van der Waals surface area contributed by atoms with E-state index in [1.54, 1.807) is 25.3 Å². The third-order valence-electron chi connectivity index (χ3n) is 3.76. The van der Waals surface area contributed by atoms with Crippen LogP contribution in [-0.4, -0.2) is 25.1 Å². The van der Waals surface area contributed by atoms with Crippen LogP contribution in [0, 0.1) is 0 Å². The summed E-state index contributed by atoms with van der Waals surface area (Å²) in [6.07, 6.45) is 3.75. The SMILES string of the molecule is CCCC1(C(=O)Nc2ccc(Cl)c(OC)c2)CCCN1. The van der Waals surface area contributed by atoms with Crippen LogP contribution in [0.5, 0.6) is 5.75 Å². The van der Waals surface area contributed by atoms with Crippen molar-refractivity contribution >= 4 is 23.2 Å². The van der Waals surface area contributed by atoms with Crippen LogP contribution in [-0.2, 0) is 4.79 Å². The molecular formula is C15H21ClN2O2. The van der Waals surface area contributed by atoms with Gasteiger partial charge in [-0.1, -0.05) is 24.9 Å². The number of carbonyl (C=O) groups excluding carboxylic acids is 1. The number of halogens is 1. The van der Waals surface area contributed by atoms with Crippen molar-refractivity contribution in [3.05, 3.63) is 23.2 Å². The number of anilines is 1. The number of benzene rings is 1. The predicted molar refractivity (Wildman–Crippen MR) is 81.5 cm³/mol. The lowest BCUT2D eigenvalue weighted by Crippen LogP contribution is -2.50. The molecule has 0 saturated carbocycles. The summed E-state index contributed by atoms with van der Waals surface area (Å²) in [6.45, 7) is 3.00. The summed E-state index contributed by atoms with van der Waals surface area (Å²) in [5.41, 5.74) is 0.280. The molecule has 2 rings (SSSR count). The van der Waals surface area contributed by atoms with Gasteiger partial charge in [0.25, 0.3) is 0 Å². The molecule has 1 aliphatic heterocycles. The van der Waals surface area contributed by atoms with Crippen LogP contribution in [0.1, 0.15) is 32.6 Å². The zero-order chi connectivity index (χ0) is 14.6. The molecule has 1 unspecified atom stereocenters. The van der Waals surface area contributed by atoms with E-state index < -0.39 is 5.54 Å². The van der Waals surface area contributed by atoms with Crippen molar-refractivity contribution in [3.63, 3.8) is 0 Å². The standard InChI is InChI=1S/C15H21ClN2O2/c1-3-7-15(8-4-9-17-15)14(19)18-11-5-6-12(16)13(10-11)20-2/h5-6,10,17H,3-4,7-9H2,1-2H3,(H,18,19). The Morgan fingerprint density at radius 3 is 2.95 bits per heavy atom. The van der Waals surface area contributed by atoms with E-state index in [1.165, 1.54) is 0 Å². The summed E-state index contributed by atoms with van der Waals surface area (Å²) in [4.78, 5) is 12.6. The summed E-state index contributed by atoms with van der Waals surface area (Å²) in [5, 5.41) is 6.87. The van der Waals surface area contributed by atoms with Crippen LogP contribution in [0.2, 0.25) is 5.02 Å². The molecule has 0 bridgehead atoms. The first kappa shape index (κ1) is 15.1. The molecule has 1 saturated heterocycles. The van der Waals surface area contributed by atoms with E-state index in [0.717, 1.165) is 32.2 Å². The van der Waals surface area contributed by atoms with Gasteiger partial charge in [0, 0.05) is 11.8 Å². The summed E-state index contributed by atoms with van der Waals surface area (Å²) in [6, 6.07) is 5.26. The van der Waals surface area contributed by atoms with Crippen LogP contribution < -0.4 is 15.4 Å². The maximum Gasteiger partial charge on any atom is 0.244 e. The van der Waals surface area contributed by atoms with E-state index in [4.69, 9.17) is 16.3 Å². The maximum atomic E-state index is 12.6. The fourth-order valence-corrected chi connectivity index (χ4v) is 2.94. The highest BCUT2D eigenvalue weighted by Crippen LogP contribution is 2.30. The number of rotatable bonds is 5. The Labute approximate surface area is 124 Å². The minimum Gasteiger partial charge on any atom is -0.495 e. The molecule has 5 heteroatoms. The summed E-state index contributed by atoms with van der Waals surface area (Å²) in [7, 11) is 1.56. The smallest absolute Gasteiger partial charge is 0.244 e. The Morgan fingerprint density at radius 1 is 1.55 bits per heavy atom. The number of methoxy groups -OCH3 is 1. The van der Waals surface area contributed by atoms with Gasteiger partial charge in [-0.15, -0.1) is 0 Å². The van der Waals surface area contributed by atoms with E-state index in [-0.39, 0.29) is 5.91 Å². The van der Waals surface area contributed by atoms with Gasteiger partial charge < -0.3 is 15.4 Å². The molecule has 0 aromatic heterocycles. The third-order valence-corrected chi connectivity index (χ3v) is 4.08. The number of nitrogens with one attached hydrogen (secondary N) is 2. The monoisotopic (exact) mass is 296 g/mol. The van der Waals surface area contributed by atoms with Crippen molar-refractivity contribution < 1.29 is 9.53 Å². The molecule has 1 heterocycles. The normalized spacial score (nSPS) is 21.8. The minimum atomic E-state index is -0.429. The maximum absolute atomic E-state index is 12.6. The van der Waals surface area contributed by atoms with E-state index in [9.17, 15) is 4.79 Å². The number of carbonyl (C=O) groups is 1. The number of hydrogen-bond donors (Lipinski definition) is 2. The quantitative estimate of drug-likeness (QED) is 0.877. The van der Waals surface area contributed by atoms with Crippen molar-refractivity contribution in [2.45, 2.75) is 38.1 Å². The van der Waals surface area contributed by atoms with Gasteiger partial charge >= 0.3 is 0 Å². The van der Waals surface area contributed by atoms with Crippen LogP contribution in [0.4, 0.5) is 5.69 Å². The second-order valence-corrected chi connectivity index (χ2v) is 5.57. The number of hydrogen-bond acceptors (Lipinski definition) is 3. The summed E-state index contributed by atoms with van der Waals surface area (Å²) >= 11 is 5.99. The highest BCUT2D eigenvalue weighted by molar-refractivity contribution is 6.32. The van der Waals surface area contributed by atoms with Gasteiger partial charge in [-0.2, -0.15) is 0 Å². The molecule has 1 atom stereocenters. The van der Waals surface area contributed by atoms with Crippen LogP contribution >= 0.6 is 11.6 Å². The van der Waals surface area contributed by atoms with Crippen molar-refractivity contribution in [1.29, 1.82) is 0 Å². The third kappa shape index (κ3) is 3.07. The van der Waals surface area contributed by atoms with Crippen LogP contribution in [0.3, 0.4) is 0 Å². The average Bonchev–Trinajstić information content (AvgIpc) is 2.91. The molecule has 0 radical (unpaired) electrons. The van der Waals surface area contributed by atoms with E-state index >= 15 is 0 Å². The van der Waals surface area contributed by atoms with Crippen LogP contribution in [0.25, 0.3) is 0 Å². The fourth-order valence-electron chi connectivity index (χ4n) is 2.74. The fraction of sp³-hybridized carbons (Fsp3) is 0.533. The Hall–Kier alpha value is -1.26. The van der Waals surface area contributed by atoms with Gasteiger partial charge in [0.1, 0.15) is 5.75 Å². The second-order valence-electron chi connectivity index (χ2n) is 5.17. The first-order valence-corrected chi connectivity index (χ1v) is 7.39. The summed E-state index contributed by atoms with van der Waals surface area (Å²) in [5.74, 6) is 0.592. The molecule has 110 valence electrons. The lowest BCUT2D eigenvalue weighted by molar-refractivity contribution is -0.122. The minimum absolute atomic E-state index is 0.0289. The first-order valence-electron chi connectivity index (χ1n) is 7.01. The first-order chi connectivity index (χ1) is 9.61. The second kappa shape index (κ2) is 6.46. The molecule has 1 aromatic carbocycles. The largest absolute Gasteiger partial charge is 0.495 e. The van der Waals surface area contributed by atoms with Gasteiger partial charge in [0.05, 0.1) is 17.7 Å². The van der Waals surface area contributed by atoms with Gasteiger partial charge in [-0.3, -0.25) is 4.79 Å². The predicted octanol–water partition coefficient (Wildman–Crippen LogP) is 3.21. The van der Waals surface area contributed by atoms with Crippen molar-refractivity contribution in [2.24, 2.45) is 0 Å². The van der Waals surface area contributed by atoms with Gasteiger partial charge in [0.2, 0.25) is 5.91 Å². The molecule has 4 nitrogen and oxygen atoms in total. The lowest BCUT2D eigenvalue weighted by atomic mass is 9.91. The topological polar surface area (TPSA) is 50.4 Å². The lowest BCUT2D eigenvalue weighted by Gasteiger charge is -2.28. The molecule has 1 aromatic rings. The Morgan fingerprint density at radius 2 is 2.35 bits per heavy atom. The Kier molecular flexibility index (Phi) is 4.89. The molecule has 1 aliphatic rings. The van der Waals surface area contributed by atoms with Crippen molar-refractivity contribution in [1.82, 2.24) is 5.32 Å². The molecule has 20 heavy (non-hydrogen) atoms. The Bertz CT molecular complexity index is 485. The zero-order valence-electron chi connectivity index (χ0n) is 12.0. The highest BCUT2D eigenvalue weighted by atomic mass is 35.5. The number of amides is 1. The van der Waals surface area contributed by atoms with E-state index in [0.29, 0.717) is 16.5 Å². The molecule has 1 fully saturated rings. The average molecular weight is 297 g/mol. The van der Waals surface area contributed by atoms with E-state index in [2.05, 4.69) is 17.6 Å². The molecule has 0 spiro atoms. The van der Waals surface area contributed by atoms with Gasteiger partial charge in [-0.05, 0) is 37.9 Å². The molecule has 0 aliphatic carbocycles. The van der Waals surface area contributed by atoms with Crippen LogP contribution in [0.15, 0.2) is 18.2 Å². The zero-order valence-corrected chi connectivity index (χ0v) is 12.7.